The summed E-state index contributed by atoms with van der Waals surface area (Å²) in [5.41, 5.74) is 0. The molecule has 0 radical (unpaired) electrons. The van der Waals surface area contributed by atoms with E-state index >= 15 is 0 Å². The molecule has 0 saturated heterocycles. The number of aliphatic hydroxyl groups is 1. The lowest BCUT2D eigenvalue weighted by molar-refractivity contribution is 0.194. The standard InChI is InChI=1S/C13H21NO4S/c1-3-7-14-9-11(15)10-19(16,17)13-6-4-5-12(8-13)18-2/h4-6,8,11,14-15H,3,7,9-10H2,1-2H3. The number of hydrogen-bond acceptors (Lipinski definition) is 5. The Morgan fingerprint density at radius 1 is 1.42 bits per heavy atom. The highest BCUT2D eigenvalue weighted by molar-refractivity contribution is 7.91. The van der Waals surface area contributed by atoms with Crippen molar-refractivity contribution in [1.29, 1.82) is 0 Å². The van der Waals surface area contributed by atoms with Gasteiger partial charge in [0.15, 0.2) is 9.84 Å². The van der Waals surface area contributed by atoms with Gasteiger partial charge >= 0.3 is 0 Å². The summed E-state index contributed by atoms with van der Waals surface area (Å²) in [5, 5.41) is 12.7. The van der Waals surface area contributed by atoms with Crippen LogP contribution in [-0.2, 0) is 9.84 Å². The van der Waals surface area contributed by atoms with E-state index in [0.717, 1.165) is 13.0 Å². The molecule has 0 aromatic heterocycles. The average molecular weight is 287 g/mol. The lowest BCUT2D eigenvalue weighted by Gasteiger charge is -2.12. The van der Waals surface area contributed by atoms with E-state index in [0.29, 0.717) is 5.75 Å². The summed E-state index contributed by atoms with van der Waals surface area (Å²) in [6.45, 7) is 3.04. The minimum absolute atomic E-state index is 0.168. The number of ether oxygens (including phenoxy) is 1. The van der Waals surface area contributed by atoms with Crippen LogP contribution in [0.5, 0.6) is 5.75 Å². The van der Waals surface area contributed by atoms with E-state index in [4.69, 9.17) is 4.74 Å². The van der Waals surface area contributed by atoms with Crippen molar-refractivity contribution in [2.24, 2.45) is 0 Å². The number of nitrogens with one attached hydrogen (secondary N) is 1. The zero-order chi connectivity index (χ0) is 14.3. The Labute approximate surface area is 114 Å². The molecule has 2 N–H and O–H groups in total. The van der Waals surface area contributed by atoms with Crippen LogP contribution in [0.2, 0.25) is 0 Å². The molecule has 1 aromatic carbocycles. The average Bonchev–Trinajstić information content (AvgIpc) is 2.38. The quantitative estimate of drug-likeness (QED) is 0.693. The summed E-state index contributed by atoms with van der Waals surface area (Å²) in [7, 11) is -2.02. The van der Waals surface area contributed by atoms with Gasteiger partial charge in [0, 0.05) is 6.54 Å². The van der Waals surface area contributed by atoms with E-state index in [-0.39, 0.29) is 17.2 Å². The predicted molar refractivity (Wildman–Crippen MR) is 74.2 cm³/mol. The maximum absolute atomic E-state index is 12.1. The van der Waals surface area contributed by atoms with Crippen LogP contribution in [-0.4, -0.2) is 45.6 Å². The lowest BCUT2D eigenvalue weighted by Crippen LogP contribution is -2.32. The third-order valence-corrected chi connectivity index (χ3v) is 4.41. The summed E-state index contributed by atoms with van der Waals surface area (Å²) in [6.07, 6.45) is 0.0257. The smallest absolute Gasteiger partial charge is 0.181 e. The number of sulfone groups is 1. The molecular formula is C13H21NO4S. The second-order valence-corrected chi connectivity index (χ2v) is 6.35. The Kier molecular flexibility index (Phi) is 6.27. The molecular weight excluding hydrogens is 266 g/mol. The van der Waals surface area contributed by atoms with E-state index in [1.165, 1.54) is 19.2 Å². The van der Waals surface area contributed by atoms with Gasteiger partial charge in [-0.15, -0.1) is 0 Å². The summed E-state index contributed by atoms with van der Waals surface area (Å²) in [5.74, 6) is 0.191. The topological polar surface area (TPSA) is 75.6 Å². The van der Waals surface area contributed by atoms with E-state index in [1.54, 1.807) is 12.1 Å². The maximum Gasteiger partial charge on any atom is 0.181 e. The van der Waals surface area contributed by atoms with Crippen LogP contribution in [0.3, 0.4) is 0 Å². The van der Waals surface area contributed by atoms with Crippen molar-refractivity contribution in [3.63, 3.8) is 0 Å². The van der Waals surface area contributed by atoms with Gasteiger partial charge in [0.05, 0.1) is 23.9 Å². The molecule has 0 heterocycles. The van der Waals surface area contributed by atoms with Crippen molar-refractivity contribution in [1.82, 2.24) is 5.32 Å². The first kappa shape index (κ1) is 15.9. The molecule has 19 heavy (non-hydrogen) atoms. The first-order valence-corrected chi connectivity index (χ1v) is 7.90. The van der Waals surface area contributed by atoms with E-state index in [2.05, 4.69) is 5.32 Å². The third kappa shape index (κ3) is 5.18. The van der Waals surface area contributed by atoms with Crippen LogP contribution in [0.1, 0.15) is 13.3 Å². The summed E-state index contributed by atoms with van der Waals surface area (Å²) >= 11 is 0. The Morgan fingerprint density at radius 3 is 2.79 bits per heavy atom. The molecule has 0 amide bonds. The molecule has 0 fully saturated rings. The van der Waals surface area contributed by atoms with E-state index in [1.807, 2.05) is 6.92 Å². The van der Waals surface area contributed by atoms with Crippen LogP contribution in [0.15, 0.2) is 29.2 Å². The fourth-order valence-corrected chi connectivity index (χ4v) is 3.05. The molecule has 0 aliphatic heterocycles. The van der Waals surface area contributed by atoms with Gasteiger partial charge < -0.3 is 15.2 Å². The van der Waals surface area contributed by atoms with Crippen LogP contribution >= 0.6 is 0 Å². The van der Waals surface area contributed by atoms with Crippen LogP contribution in [0.4, 0.5) is 0 Å². The van der Waals surface area contributed by atoms with Gasteiger partial charge in [-0.25, -0.2) is 8.42 Å². The van der Waals surface area contributed by atoms with Gasteiger partial charge in [-0.3, -0.25) is 0 Å². The van der Waals surface area contributed by atoms with Gasteiger partial charge in [0.1, 0.15) is 5.75 Å². The van der Waals surface area contributed by atoms with Crippen LogP contribution in [0, 0.1) is 0 Å². The minimum atomic E-state index is -3.50. The van der Waals surface area contributed by atoms with Crippen molar-refractivity contribution in [2.45, 2.75) is 24.3 Å². The minimum Gasteiger partial charge on any atom is -0.497 e. The molecule has 0 saturated carbocycles. The van der Waals surface area contributed by atoms with Gasteiger partial charge in [-0.1, -0.05) is 13.0 Å². The van der Waals surface area contributed by atoms with Crippen LogP contribution < -0.4 is 10.1 Å². The Hall–Kier alpha value is -1.11. The molecule has 0 aliphatic carbocycles. The number of methoxy groups -OCH3 is 1. The van der Waals surface area contributed by atoms with Gasteiger partial charge in [-0.2, -0.15) is 0 Å². The van der Waals surface area contributed by atoms with Gasteiger partial charge in [0.2, 0.25) is 0 Å². The lowest BCUT2D eigenvalue weighted by atomic mass is 10.3. The molecule has 1 atom stereocenters. The molecule has 5 nitrogen and oxygen atoms in total. The van der Waals surface area contributed by atoms with Crippen molar-refractivity contribution in [3.8, 4) is 5.75 Å². The second kappa shape index (κ2) is 7.47. The zero-order valence-corrected chi connectivity index (χ0v) is 12.1. The van der Waals surface area contributed by atoms with Gasteiger partial charge in [0.25, 0.3) is 0 Å². The largest absolute Gasteiger partial charge is 0.497 e. The third-order valence-electron chi connectivity index (χ3n) is 2.62. The Bertz CT molecular complexity index is 487. The number of hydrogen-bond donors (Lipinski definition) is 2. The van der Waals surface area contributed by atoms with Gasteiger partial charge in [-0.05, 0) is 31.2 Å². The molecule has 108 valence electrons. The first-order chi connectivity index (χ1) is 8.99. The summed E-state index contributed by atoms with van der Waals surface area (Å²) in [4.78, 5) is 0.168. The Balaban J connectivity index is 2.69. The molecule has 0 bridgehead atoms. The number of aliphatic hydroxyl groups excluding tert-OH is 1. The maximum atomic E-state index is 12.1. The zero-order valence-electron chi connectivity index (χ0n) is 11.3. The number of benzene rings is 1. The highest BCUT2D eigenvalue weighted by Crippen LogP contribution is 2.18. The molecule has 6 heteroatoms. The fraction of sp³-hybridized carbons (Fsp3) is 0.538. The molecule has 1 unspecified atom stereocenters. The highest BCUT2D eigenvalue weighted by atomic mass is 32.2. The van der Waals surface area contributed by atoms with Crippen molar-refractivity contribution in [3.05, 3.63) is 24.3 Å². The van der Waals surface area contributed by atoms with Crippen molar-refractivity contribution >= 4 is 9.84 Å². The second-order valence-electron chi connectivity index (χ2n) is 4.32. The molecule has 1 rings (SSSR count). The van der Waals surface area contributed by atoms with E-state index < -0.39 is 15.9 Å². The fourth-order valence-electron chi connectivity index (χ4n) is 1.65. The van der Waals surface area contributed by atoms with Crippen molar-refractivity contribution < 1.29 is 18.3 Å². The van der Waals surface area contributed by atoms with Crippen LogP contribution in [0.25, 0.3) is 0 Å². The molecule has 0 aliphatic rings. The van der Waals surface area contributed by atoms with E-state index in [9.17, 15) is 13.5 Å². The molecule has 1 aromatic rings. The summed E-state index contributed by atoms with van der Waals surface area (Å²) < 4.78 is 29.2. The Morgan fingerprint density at radius 2 is 2.16 bits per heavy atom. The SMILES string of the molecule is CCCNCC(O)CS(=O)(=O)c1cccc(OC)c1. The summed E-state index contributed by atoms with van der Waals surface area (Å²) in [6, 6.07) is 6.26. The number of rotatable bonds is 8. The highest BCUT2D eigenvalue weighted by Gasteiger charge is 2.19. The molecule has 0 spiro atoms. The monoisotopic (exact) mass is 287 g/mol. The van der Waals surface area contributed by atoms with Crippen molar-refractivity contribution in [2.75, 3.05) is 26.0 Å². The predicted octanol–water partition coefficient (Wildman–Crippen LogP) is 0.829. The first-order valence-electron chi connectivity index (χ1n) is 6.25. The normalized spacial score (nSPS) is 13.2.